The molecule has 0 radical (unpaired) electrons. The first-order chi connectivity index (χ1) is 8.25. The maximum atomic E-state index is 9.19. The third-order valence-corrected chi connectivity index (χ3v) is 3.63. The van der Waals surface area contributed by atoms with Gasteiger partial charge in [-0.1, -0.05) is 19.3 Å². The van der Waals surface area contributed by atoms with Gasteiger partial charge in [-0.05, 0) is 55.2 Å². The van der Waals surface area contributed by atoms with Crippen LogP contribution < -0.4 is 0 Å². The number of phenolic OH excluding ortho intramolecular Hbond substituents is 1. The zero-order valence-electron chi connectivity index (χ0n) is 9.89. The molecule has 1 aromatic carbocycles. The van der Waals surface area contributed by atoms with Gasteiger partial charge in [-0.3, -0.25) is 0 Å². The number of thiocarbonyl (C=S) groups is 1. The Morgan fingerprint density at radius 2 is 1.82 bits per heavy atom. The lowest BCUT2D eigenvalue weighted by Crippen LogP contribution is -2.16. The third kappa shape index (κ3) is 3.70. The summed E-state index contributed by atoms with van der Waals surface area (Å²) in [6.07, 6.45) is 6.52. The Labute approximate surface area is 108 Å². The molecule has 0 bridgehead atoms. The molecule has 2 nitrogen and oxygen atoms in total. The predicted molar refractivity (Wildman–Crippen MR) is 72.3 cm³/mol. The van der Waals surface area contributed by atoms with E-state index in [0.29, 0.717) is 11.0 Å². The van der Waals surface area contributed by atoms with Crippen molar-refractivity contribution >= 4 is 17.3 Å². The maximum absolute atomic E-state index is 9.19. The van der Waals surface area contributed by atoms with Crippen LogP contribution in [-0.2, 0) is 4.74 Å². The summed E-state index contributed by atoms with van der Waals surface area (Å²) in [5, 5.41) is 9.73. The molecule has 0 aliphatic heterocycles. The van der Waals surface area contributed by atoms with Crippen LogP contribution in [0.5, 0.6) is 5.75 Å². The summed E-state index contributed by atoms with van der Waals surface area (Å²) in [5.41, 5.74) is 0.869. The van der Waals surface area contributed by atoms with Gasteiger partial charge in [-0.25, -0.2) is 0 Å². The first kappa shape index (κ1) is 12.4. The fourth-order valence-electron chi connectivity index (χ4n) is 2.23. The molecule has 1 N–H and O–H groups in total. The Balaban J connectivity index is 1.82. The highest BCUT2D eigenvalue weighted by Crippen LogP contribution is 2.24. The first-order valence-electron chi connectivity index (χ1n) is 6.22. The molecular weight excluding hydrogens is 232 g/mol. The van der Waals surface area contributed by atoms with Gasteiger partial charge in [0.15, 0.2) is 5.05 Å². The van der Waals surface area contributed by atoms with Crippen LogP contribution in [0.2, 0.25) is 0 Å². The highest BCUT2D eigenvalue weighted by Gasteiger charge is 2.14. The number of hydrogen-bond acceptors (Lipinski definition) is 3. The minimum atomic E-state index is 0.254. The first-order valence-corrected chi connectivity index (χ1v) is 6.62. The Kier molecular flexibility index (Phi) is 4.37. The molecule has 1 aliphatic carbocycles. The van der Waals surface area contributed by atoms with E-state index in [1.54, 1.807) is 24.3 Å². The molecular formula is C14H18O2S. The van der Waals surface area contributed by atoms with Crippen LogP contribution in [0, 0.1) is 5.92 Å². The van der Waals surface area contributed by atoms with Gasteiger partial charge in [0.1, 0.15) is 5.75 Å². The molecule has 92 valence electrons. The second kappa shape index (κ2) is 6.01. The van der Waals surface area contributed by atoms with E-state index in [-0.39, 0.29) is 5.75 Å². The van der Waals surface area contributed by atoms with Gasteiger partial charge in [0.25, 0.3) is 0 Å². The normalized spacial score (nSPS) is 16.7. The molecule has 2 rings (SSSR count). The molecule has 0 saturated heterocycles. The van der Waals surface area contributed by atoms with E-state index in [4.69, 9.17) is 17.0 Å². The quantitative estimate of drug-likeness (QED) is 0.830. The standard InChI is InChI=1S/C14H18O2S/c15-13-8-6-12(7-9-13)14(17)16-10-11-4-2-1-3-5-11/h6-9,11,15H,1-5,10H2. The van der Waals surface area contributed by atoms with Crippen LogP contribution in [-0.4, -0.2) is 16.8 Å². The van der Waals surface area contributed by atoms with Gasteiger partial charge in [0.05, 0.1) is 6.61 Å². The average molecular weight is 250 g/mol. The topological polar surface area (TPSA) is 29.5 Å². The van der Waals surface area contributed by atoms with Gasteiger partial charge >= 0.3 is 0 Å². The molecule has 0 unspecified atom stereocenters. The van der Waals surface area contributed by atoms with E-state index in [9.17, 15) is 5.11 Å². The molecule has 1 aromatic rings. The lowest BCUT2D eigenvalue weighted by Gasteiger charge is -2.21. The number of hydrogen-bond donors (Lipinski definition) is 1. The van der Waals surface area contributed by atoms with E-state index in [2.05, 4.69) is 0 Å². The van der Waals surface area contributed by atoms with Crippen molar-refractivity contribution < 1.29 is 9.84 Å². The molecule has 1 fully saturated rings. The smallest absolute Gasteiger partial charge is 0.191 e. The van der Waals surface area contributed by atoms with Crippen LogP contribution in [0.1, 0.15) is 37.7 Å². The Bertz CT molecular complexity index is 366. The summed E-state index contributed by atoms with van der Waals surface area (Å²) in [4.78, 5) is 0. The zero-order valence-corrected chi connectivity index (χ0v) is 10.7. The SMILES string of the molecule is Oc1ccc(C(=S)OCC2CCCCC2)cc1. The number of rotatable bonds is 3. The zero-order chi connectivity index (χ0) is 12.1. The Morgan fingerprint density at radius 1 is 1.18 bits per heavy atom. The summed E-state index contributed by atoms with van der Waals surface area (Å²) < 4.78 is 5.66. The van der Waals surface area contributed by atoms with Gasteiger partial charge in [0.2, 0.25) is 0 Å². The second-order valence-corrected chi connectivity index (χ2v) is 5.02. The van der Waals surface area contributed by atoms with E-state index in [0.717, 1.165) is 12.2 Å². The number of benzene rings is 1. The summed E-state index contributed by atoms with van der Waals surface area (Å²) >= 11 is 5.23. The highest BCUT2D eigenvalue weighted by molar-refractivity contribution is 7.80. The van der Waals surface area contributed by atoms with Crippen molar-refractivity contribution in [3.05, 3.63) is 29.8 Å². The number of ether oxygens (including phenoxy) is 1. The number of aromatic hydroxyl groups is 1. The lowest BCUT2D eigenvalue weighted by molar-refractivity contribution is 0.204. The van der Waals surface area contributed by atoms with Gasteiger partial charge in [-0.15, -0.1) is 0 Å². The molecule has 17 heavy (non-hydrogen) atoms. The van der Waals surface area contributed by atoms with Crippen molar-refractivity contribution in [1.29, 1.82) is 0 Å². The Morgan fingerprint density at radius 3 is 2.47 bits per heavy atom. The van der Waals surface area contributed by atoms with Gasteiger partial charge in [-0.2, -0.15) is 0 Å². The number of phenols is 1. The van der Waals surface area contributed by atoms with Gasteiger partial charge < -0.3 is 9.84 Å². The molecule has 0 amide bonds. The van der Waals surface area contributed by atoms with Crippen molar-refractivity contribution in [2.24, 2.45) is 5.92 Å². The van der Waals surface area contributed by atoms with Crippen LogP contribution in [0.4, 0.5) is 0 Å². The highest BCUT2D eigenvalue weighted by atomic mass is 32.1. The lowest BCUT2D eigenvalue weighted by atomic mass is 9.90. The van der Waals surface area contributed by atoms with Crippen molar-refractivity contribution in [3.63, 3.8) is 0 Å². The minimum Gasteiger partial charge on any atom is -0.508 e. The van der Waals surface area contributed by atoms with Crippen molar-refractivity contribution in [2.45, 2.75) is 32.1 Å². The Hall–Kier alpha value is -1.09. The molecule has 3 heteroatoms. The summed E-state index contributed by atoms with van der Waals surface area (Å²) in [7, 11) is 0. The van der Waals surface area contributed by atoms with Crippen molar-refractivity contribution in [3.8, 4) is 5.75 Å². The van der Waals surface area contributed by atoms with Gasteiger partial charge in [0, 0.05) is 5.56 Å². The van der Waals surface area contributed by atoms with Crippen molar-refractivity contribution in [2.75, 3.05) is 6.61 Å². The molecule has 1 aliphatic rings. The molecule has 0 spiro atoms. The van der Waals surface area contributed by atoms with Crippen LogP contribution in [0.15, 0.2) is 24.3 Å². The predicted octanol–water partition coefficient (Wildman–Crippen LogP) is 3.66. The molecule has 0 aromatic heterocycles. The molecule has 0 atom stereocenters. The van der Waals surface area contributed by atoms with Crippen LogP contribution in [0.25, 0.3) is 0 Å². The average Bonchev–Trinajstić information content (AvgIpc) is 2.38. The molecule has 1 saturated carbocycles. The minimum absolute atomic E-state index is 0.254. The summed E-state index contributed by atoms with van der Waals surface area (Å²) in [6.45, 7) is 0.736. The molecule has 0 heterocycles. The van der Waals surface area contributed by atoms with Crippen molar-refractivity contribution in [1.82, 2.24) is 0 Å². The second-order valence-electron chi connectivity index (χ2n) is 4.65. The monoisotopic (exact) mass is 250 g/mol. The third-order valence-electron chi connectivity index (χ3n) is 3.28. The summed E-state index contributed by atoms with van der Waals surface area (Å²) in [6, 6.07) is 6.84. The summed E-state index contributed by atoms with van der Waals surface area (Å²) in [5.74, 6) is 0.919. The van der Waals surface area contributed by atoms with E-state index in [1.165, 1.54) is 32.1 Å². The van der Waals surface area contributed by atoms with E-state index >= 15 is 0 Å². The fourth-order valence-corrected chi connectivity index (χ4v) is 2.43. The fraction of sp³-hybridized carbons (Fsp3) is 0.500. The largest absolute Gasteiger partial charge is 0.508 e. The van der Waals surface area contributed by atoms with E-state index < -0.39 is 0 Å². The maximum Gasteiger partial charge on any atom is 0.191 e. The van der Waals surface area contributed by atoms with Crippen LogP contribution in [0.3, 0.4) is 0 Å². The van der Waals surface area contributed by atoms with E-state index in [1.807, 2.05) is 0 Å². The van der Waals surface area contributed by atoms with Crippen LogP contribution >= 0.6 is 12.2 Å².